The highest BCUT2D eigenvalue weighted by atomic mass is 16.5. The fourth-order valence-electron chi connectivity index (χ4n) is 4.47. The van der Waals surface area contributed by atoms with E-state index >= 15 is 0 Å². The minimum Gasteiger partial charge on any atom is -0.504 e. The molecular formula is C23H24N2O3. The second-order valence-electron chi connectivity index (χ2n) is 7.49. The van der Waals surface area contributed by atoms with Crippen molar-refractivity contribution in [2.75, 3.05) is 7.11 Å². The molecule has 28 heavy (non-hydrogen) atoms. The summed E-state index contributed by atoms with van der Waals surface area (Å²) in [7, 11) is 1.53. The van der Waals surface area contributed by atoms with Gasteiger partial charge in [0.25, 0.3) is 0 Å². The van der Waals surface area contributed by atoms with E-state index in [2.05, 4.69) is 17.1 Å². The Kier molecular flexibility index (Phi) is 4.67. The van der Waals surface area contributed by atoms with Crippen molar-refractivity contribution in [2.24, 2.45) is 10.9 Å². The number of pyridine rings is 1. The number of nitrogens with zero attached hydrogens (tertiary/aromatic N) is 1. The van der Waals surface area contributed by atoms with Crippen molar-refractivity contribution >= 4 is 6.21 Å². The Morgan fingerprint density at radius 3 is 2.96 bits per heavy atom. The number of benzene rings is 1. The highest BCUT2D eigenvalue weighted by Gasteiger charge is 2.43. The Morgan fingerprint density at radius 2 is 2.18 bits per heavy atom. The number of aromatic nitrogens is 1. The van der Waals surface area contributed by atoms with Crippen LogP contribution in [0.15, 0.2) is 63.9 Å². The Bertz CT molecular complexity index is 1050. The summed E-state index contributed by atoms with van der Waals surface area (Å²) in [6.07, 6.45) is 10.7. The van der Waals surface area contributed by atoms with E-state index < -0.39 is 5.54 Å². The number of hydrogen-bond acceptors (Lipinski definition) is 4. The zero-order chi connectivity index (χ0) is 19.7. The van der Waals surface area contributed by atoms with Gasteiger partial charge in [-0.2, -0.15) is 0 Å². The summed E-state index contributed by atoms with van der Waals surface area (Å²) in [5, 5.41) is 10.4. The van der Waals surface area contributed by atoms with Crippen LogP contribution in [0.1, 0.15) is 36.6 Å². The van der Waals surface area contributed by atoms with E-state index in [0.717, 1.165) is 30.5 Å². The number of phenolic OH excluding ortho intramolecular Hbond substituents is 1. The number of para-hydroxylation sites is 1. The Hall–Kier alpha value is -3.08. The Morgan fingerprint density at radius 1 is 1.32 bits per heavy atom. The second kappa shape index (κ2) is 7.15. The minimum atomic E-state index is -0.457. The van der Waals surface area contributed by atoms with Gasteiger partial charge in [0.1, 0.15) is 0 Å². The quantitative estimate of drug-likeness (QED) is 0.796. The summed E-state index contributed by atoms with van der Waals surface area (Å²) in [6.45, 7) is 2.01. The fourth-order valence-corrected chi connectivity index (χ4v) is 4.47. The molecular weight excluding hydrogens is 352 g/mol. The first kappa shape index (κ1) is 18.3. The van der Waals surface area contributed by atoms with Crippen molar-refractivity contribution < 1.29 is 9.84 Å². The number of phenols is 1. The van der Waals surface area contributed by atoms with Gasteiger partial charge in [0, 0.05) is 30.0 Å². The van der Waals surface area contributed by atoms with Gasteiger partial charge in [0.15, 0.2) is 11.5 Å². The molecule has 1 aromatic carbocycles. The largest absolute Gasteiger partial charge is 0.504 e. The molecule has 2 aliphatic carbocycles. The number of ether oxygens (including phenoxy) is 1. The normalized spacial score (nSPS) is 23.6. The molecule has 5 nitrogen and oxygen atoms in total. The van der Waals surface area contributed by atoms with E-state index in [1.54, 1.807) is 18.3 Å². The van der Waals surface area contributed by atoms with Crippen LogP contribution in [0.2, 0.25) is 0 Å². The second-order valence-corrected chi connectivity index (χ2v) is 7.49. The topological polar surface area (TPSA) is 74.7 Å². The lowest BCUT2D eigenvalue weighted by atomic mass is 9.66. The van der Waals surface area contributed by atoms with Crippen LogP contribution in [0.3, 0.4) is 0 Å². The lowest BCUT2D eigenvalue weighted by molar-refractivity contribution is 0.305. The number of aromatic amines is 1. The van der Waals surface area contributed by atoms with Crippen molar-refractivity contribution in [1.82, 2.24) is 4.98 Å². The van der Waals surface area contributed by atoms with Crippen molar-refractivity contribution in [3.05, 3.63) is 81.3 Å². The summed E-state index contributed by atoms with van der Waals surface area (Å²) < 4.78 is 5.21. The number of methoxy groups -OCH3 is 1. The molecule has 2 atom stereocenters. The minimum absolute atomic E-state index is 0.0825. The van der Waals surface area contributed by atoms with Crippen LogP contribution >= 0.6 is 0 Å². The number of aromatic hydroxyl groups is 1. The smallest absolute Gasteiger partial charge is 0.248 e. The van der Waals surface area contributed by atoms with Crippen molar-refractivity contribution in [3.63, 3.8) is 0 Å². The average Bonchev–Trinajstić information content (AvgIpc) is 2.67. The lowest BCUT2D eigenvalue weighted by Gasteiger charge is -2.42. The average molecular weight is 376 g/mol. The Balaban J connectivity index is 1.82. The summed E-state index contributed by atoms with van der Waals surface area (Å²) >= 11 is 0. The van der Waals surface area contributed by atoms with Gasteiger partial charge in [-0.1, -0.05) is 24.3 Å². The van der Waals surface area contributed by atoms with Gasteiger partial charge in [0.2, 0.25) is 5.56 Å². The molecule has 0 radical (unpaired) electrons. The molecule has 2 bridgehead atoms. The van der Waals surface area contributed by atoms with E-state index in [1.807, 2.05) is 31.2 Å². The van der Waals surface area contributed by atoms with Gasteiger partial charge in [-0.05, 0) is 55.0 Å². The van der Waals surface area contributed by atoms with Crippen LogP contribution in [0.25, 0.3) is 0 Å². The predicted octanol–water partition coefficient (Wildman–Crippen LogP) is 3.87. The SMILES string of the molecule is CC=CC1=C[C@@H]2Cc3[nH]c(=O)ccc3[C@](N=Cc3cccc(OC)c3O)(C1)C2. The maximum atomic E-state index is 11.9. The number of allylic oxidation sites excluding steroid dienone is 3. The molecule has 144 valence electrons. The molecule has 0 unspecified atom stereocenters. The molecule has 2 N–H and O–H groups in total. The third kappa shape index (κ3) is 3.17. The summed E-state index contributed by atoms with van der Waals surface area (Å²) in [5.74, 6) is 0.826. The number of fused-ring (bicyclic) bond motifs is 4. The maximum absolute atomic E-state index is 11.9. The number of H-pyrrole nitrogens is 1. The molecule has 0 saturated carbocycles. The van der Waals surface area contributed by atoms with Gasteiger partial charge < -0.3 is 14.8 Å². The molecule has 0 amide bonds. The molecule has 1 heterocycles. The molecule has 0 fully saturated rings. The molecule has 1 aromatic heterocycles. The number of aliphatic imine (C=N–C) groups is 1. The van der Waals surface area contributed by atoms with E-state index in [4.69, 9.17) is 9.73 Å². The van der Waals surface area contributed by atoms with Gasteiger partial charge in [-0.15, -0.1) is 0 Å². The molecule has 2 aromatic rings. The summed E-state index contributed by atoms with van der Waals surface area (Å²) in [6, 6.07) is 8.85. The standard InChI is InChI=1S/C23H24N2O3/c1-3-5-15-10-16-11-19-18(8-9-21(26)25-19)23(12-15,13-16)24-14-17-6-4-7-20(28-2)22(17)27/h3-10,14,16,27H,11-13H2,1-2H3,(H,25,26)/t16-,23+/m1/s1. The Labute approximate surface area is 164 Å². The summed E-state index contributed by atoms with van der Waals surface area (Å²) in [5.41, 5.74) is 3.36. The number of rotatable bonds is 4. The summed E-state index contributed by atoms with van der Waals surface area (Å²) in [4.78, 5) is 19.9. The van der Waals surface area contributed by atoms with Crippen LogP contribution < -0.4 is 10.3 Å². The first-order valence-electron chi connectivity index (χ1n) is 9.52. The van der Waals surface area contributed by atoms with Gasteiger partial charge in [-0.25, -0.2) is 0 Å². The molecule has 5 heteroatoms. The third-order valence-electron chi connectivity index (χ3n) is 5.60. The number of hydrogen-bond donors (Lipinski definition) is 2. The van der Waals surface area contributed by atoms with Crippen LogP contribution in [0.5, 0.6) is 11.5 Å². The van der Waals surface area contributed by atoms with Gasteiger partial charge in [0.05, 0.1) is 12.6 Å². The molecule has 0 aliphatic heterocycles. The predicted molar refractivity (Wildman–Crippen MR) is 110 cm³/mol. The highest BCUT2D eigenvalue weighted by Crippen LogP contribution is 2.48. The monoisotopic (exact) mass is 376 g/mol. The lowest BCUT2D eigenvalue weighted by Crippen LogP contribution is -2.38. The van der Waals surface area contributed by atoms with Crippen molar-refractivity contribution in [3.8, 4) is 11.5 Å². The first-order valence-corrected chi connectivity index (χ1v) is 9.52. The molecule has 2 aliphatic rings. The van der Waals surface area contributed by atoms with E-state index in [-0.39, 0.29) is 11.3 Å². The van der Waals surface area contributed by atoms with E-state index in [1.165, 1.54) is 12.7 Å². The van der Waals surface area contributed by atoms with Gasteiger partial charge >= 0.3 is 0 Å². The van der Waals surface area contributed by atoms with Crippen LogP contribution in [-0.2, 0) is 12.0 Å². The zero-order valence-electron chi connectivity index (χ0n) is 16.1. The maximum Gasteiger partial charge on any atom is 0.248 e. The number of nitrogens with one attached hydrogen (secondary N) is 1. The molecule has 0 spiro atoms. The van der Waals surface area contributed by atoms with Gasteiger partial charge in [-0.3, -0.25) is 9.79 Å². The molecule has 0 saturated heterocycles. The third-order valence-corrected chi connectivity index (χ3v) is 5.60. The first-order chi connectivity index (χ1) is 13.5. The van der Waals surface area contributed by atoms with E-state index in [0.29, 0.717) is 17.2 Å². The highest BCUT2D eigenvalue weighted by molar-refractivity contribution is 5.85. The molecule has 4 rings (SSSR count). The van der Waals surface area contributed by atoms with Crippen molar-refractivity contribution in [2.45, 2.75) is 31.7 Å². The van der Waals surface area contributed by atoms with Crippen LogP contribution in [0.4, 0.5) is 0 Å². The van der Waals surface area contributed by atoms with Crippen molar-refractivity contribution in [1.29, 1.82) is 0 Å². The fraction of sp³-hybridized carbons (Fsp3) is 0.304. The van der Waals surface area contributed by atoms with Crippen LogP contribution in [-0.4, -0.2) is 23.4 Å². The zero-order valence-corrected chi connectivity index (χ0v) is 16.1. The van der Waals surface area contributed by atoms with Crippen LogP contribution in [0, 0.1) is 5.92 Å². The van der Waals surface area contributed by atoms with E-state index in [9.17, 15) is 9.90 Å².